The third-order valence-electron chi connectivity index (χ3n) is 4.43. The first-order valence-corrected chi connectivity index (χ1v) is 9.87. The smallest absolute Gasteiger partial charge is 0.416 e. The van der Waals surface area contributed by atoms with E-state index in [2.05, 4.69) is 9.97 Å². The molecule has 0 N–H and O–H groups in total. The van der Waals surface area contributed by atoms with E-state index in [-0.39, 0.29) is 46.4 Å². The number of benzene rings is 1. The summed E-state index contributed by atoms with van der Waals surface area (Å²) in [6.45, 7) is 4.95. The van der Waals surface area contributed by atoms with E-state index < -0.39 is 23.3 Å². The number of rotatable bonds is 5. The highest BCUT2D eigenvalue weighted by Gasteiger charge is 2.26. The fourth-order valence-electron chi connectivity index (χ4n) is 3.12. The second kappa shape index (κ2) is 8.96. The Balaban J connectivity index is 2.05. The summed E-state index contributed by atoms with van der Waals surface area (Å²) in [5, 5.41) is 9.89. The lowest BCUT2D eigenvalue weighted by Crippen LogP contribution is -2.39. The molecule has 0 unspecified atom stereocenters. The minimum absolute atomic E-state index is 0.0626. The Kier molecular flexibility index (Phi) is 6.50. The van der Waals surface area contributed by atoms with Crippen molar-refractivity contribution in [2.45, 2.75) is 32.9 Å². The number of anilines is 1. The molecule has 0 aliphatic rings. The standard InChI is InChI=1S/C21H20ClF2N5O3/c1-21(2,3)32-20(30)29(17-9-16(22)26-11-27-17)6-5-28-12(10-25)7-13-15(31-4)8-14(23)18(24)19(13)28/h7-9,11H,5-6H2,1-4H3. The van der Waals surface area contributed by atoms with E-state index in [1.54, 1.807) is 20.8 Å². The van der Waals surface area contributed by atoms with E-state index in [4.69, 9.17) is 21.1 Å². The van der Waals surface area contributed by atoms with Gasteiger partial charge in [0.05, 0.1) is 12.6 Å². The fourth-order valence-corrected chi connectivity index (χ4v) is 3.27. The summed E-state index contributed by atoms with van der Waals surface area (Å²) >= 11 is 5.94. The van der Waals surface area contributed by atoms with Gasteiger partial charge in [0.15, 0.2) is 11.6 Å². The first-order chi connectivity index (χ1) is 15.1. The van der Waals surface area contributed by atoms with Crippen molar-refractivity contribution in [3.63, 3.8) is 0 Å². The van der Waals surface area contributed by atoms with Crippen molar-refractivity contribution >= 4 is 34.4 Å². The predicted octanol–water partition coefficient (Wildman–Crippen LogP) is 4.68. The number of methoxy groups -OCH3 is 1. The van der Waals surface area contributed by atoms with Crippen molar-refractivity contribution in [3.8, 4) is 11.8 Å². The second-order valence-corrected chi connectivity index (χ2v) is 8.15. The van der Waals surface area contributed by atoms with Gasteiger partial charge in [0.2, 0.25) is 0 Å². The molecule has 0 saturated carbocycles. The first-order valence-electron chi connectivity index (χ1n) is 9.49. The van der Waals surface area contributed by atoms with Crippen LogP contribution >= 0.6 is 11.6 Å². The zero-order valence-electron chi connectivity index (χ0n) is 17.8. The zero-order valence-corrected chi connectivity index (χ0v) is 18.6. The highest BCUT2D eigenvalue weighted by molar-refractivity contribution is 6.29. The molecule has 2 aromatic heterocycles. The van der Waals surface area contributed by atoms with Gasteiger partial charge in [-0.3, -0.25) is 4.90 Å². The highest BCUT2D eigenvalue weighted by Crippen LogP contribution is 2.33. The molecular formula is C21H20ClF2N5O3. The molecule has 1 amide bonds. The maximum absolute atomic E-state index is 14.7. The van der Waals surface area contributed by atoms with E-state index in [0.717, 1.165) is 6.07 Å². The minimum atomic E-state index is -1.13. The molecule has 0 spiro atoms. The molecule has 2 heterocycles. The number of halogens is 3. The van der Waals surface area contributed by atoms with Crippen LogP contribution in [0, 0.1) is 23.0 Å². The summed E-state index contributed by atoms with van der Waals surface area (Å²) < 4.78 is 40.7. The van der Waals surface area contributed by atoms with Crippen LogP contribution in [0.25, 0.3) is 10.9 Å². The quantitative estimate of drug-likeness (QED) is 0.510. The number of carbonyl (C=O) groups is 1. The summed E-state index contributed by atoms with van der Waals surface area (Å²) in [4.78, 5) is 21.9. The number of nitriles is 1. The average molecular weight is 464 g/mol. The van der Waals surface area contributed by atoms with Crippen LogP contribution in [-0.4, -0.2) is 39.9 Å². The SMILES string of the molecule is COc1cc(F)c(F)c2c1cc(C#N)n2CCN(C(=O)OC(C)(C)C)c1cc(Cl)ncn1. The normalized spacial score (nSPS) is 11.3. The van der Waals surface area contributed by atoms with Crippen molar-refractivity contribution < 1.29 is 23.0 Å². The largest absolute Gasteiger partial charge is 0.496 e. The Labute approximate surface area is 187 Å². The van der Waals surface area contributed by atoms with Gasteiger partial charge in [-0.25, -0.2) is 23.5 Å². The summed E-state index contributed by atoms with van der Waals surface area (Å²) in [6.07, 6.45) is 0.451. The number of nitrogens with zero attached hydrogens (tertiary/aromatic N) is 5. The maximum atomic E-state index is 14.7. The molecule has 8 nitrogen and oxygen atoms in total. The van der Waals surface area contributed by atoms with E-state index >= 15 is 0 Å². The van der Waals surface area contributed by atoms with Crippen LogP contribution in [0.4, 0.5) is 19.4 Å². The third kappa shape index (κ3) is 4.73. The number of ether oxygens (including phenoxy) is 2. The van der Waals surface area contributed by atoms with Gasteiger partial charge in [0, 0.05) is 30.6 Å². The van der Waals surface area contributed by atoms with Gasteiger partial charge >= 0.3 is 6.09 Å². The van der Waals surface area contributed by atoms with Gasteiger partial charge in [-0.15, -0.1) is 0 Å². The maximum Gasteiger partial charge on any atom is 0.416 e. The minimum Gasteiger partial charge on any atom is -0.496 e. The van der Waals surface area contributed by atoms with Crippen LogP contribution in [0.3, 0.4) is 0 Å². The van der Waals surface area contributed by atoms with E-state index in [9.17, 15) is 18.8 Å². The van der Waals surface area contributed by atoms with Crippen LogP contribution in [0.5, 0.6) is 5.75 Å². The molecule has 11 heteroatoms. The topological polar surface area (TPSA) is 93.3 Å². The second-order valence-electron chi connectivity index (χ2n) is 7.76. The van der Waals surface area contributed by atoms with Gasteiger partial charge in [-0.05, 0) is 26.8 Å². The summed E-state index contributed by atoms with van der Waals surface area (Å²) in [7, 11) is 1.32. The van der Waals surface area contributed by atoms with Gasteiger partial charge < -0.3 is 14.0 Å². The predicted molar refractivity (Wildman–Crippen MR) is 114 cm³/mol. The van der Waals surface area contributed by atoms with Gasteiger partial charge in [-0.2, -0.15) is 5.26 Å². The Morgan fingerprint density at radius 3 is 2.59 bits per heavy atom. The molecule has 0 aliphatic heterocycles. The van der Waals surface area contributed by atoms with Crippen molar-refractivity contribution in [2.75, 3.05) is 18.6 Å². The monoisotopic (exact) mass is 463 g/mol. The van der Waals surface area contributed by atoms with Crippen LogP contribution < -0.4 is 9.64 Å². The van der Waals surface area contributed by atoms with E-state index in [1.807, 2.05) is 6.07 Å². The van der Waals surface area contributed by atoms with Crippen LogP contribution in [0.2, 0.25) is 5.15 Å². The third-order valence-corrected chi connectivity index (χ3v) is 4.64. The highest BCUT2D eigenvalue weighted by atomic mass is 35.5. The Hall–Kier alpha value is -3.45. The molecule has 3 rings (SSSR count). The lowest BCUT2D eigenvalue weighted by atomic mass is 10.2. The van der Waals surface area contributed by atoms with Crippen molar-refractivity contribution in [1.82, 2.24) is 14.5 Å². The first kappa shape index (κ1) is 23.2. The molecule has 0 aliphatic carbocycles. The van der Waals surface area contributed by atoms with Crippen LogP contribution in [0.1, 0.15) is 26.5 Å². The number of hydrogen-bond donors (Lipinski definition) is 0. The molecule has 3 aromatic rings. The van der Waals surface area contributed by atoms with Crippen molar-refractivity contribution in [3.05, 3.63) is 47.0 Å². The molecule has 32 heavy (non-hydrogen) atoms. The van der Waals surface area contributed by atoms with E-state index in [0.29, 0.717) is 0 Å². The van der Waals surface area contributed by atoms with Crippen LogP contribution in [0.15, 0.2) is 24.5 Å². The number of fused-ring (bicyclic) bond motifs is 1. The lowest BCUT2D eigenvalue weighted by Gasteiger charge is -2.27. The number of aromatic nitrogens is 3. The molecule has 1 aromatic carbocycles. The van der Waals surface area contributed by atoms with Crippen molar-refractivity contribution in [1.29, 1.82) is 5.26 Å². The zero-order chi connectivity index (χ0) is 23.6. The lowest BCUT2D eigenvalue weighted by molar-refractivity contribution is 0.0578. The molecule has 0 saturated heterocycles. The van der Waals surface area contributed by atoms with Gasteiger partial charge in [0.25, 0.3) is 0 Å². The molecule has 0 radical (unpaired) electrons. The average Bonchev–Trinajstić information content (AvgIpc) is 3.08. The summed E-state index contributed by atoms with van der Waals surface area (Å²) in [5.41, 5.74) is -0.886. The summed E-state index contributed by atoms with van der Waals surface area (Å²) in [5.74, 6) is -2.01. The molecular weight excluding hydrogens is 444 g/mol. The molecule has 168 valence electrons. The Bertz CT molecular complexity index is 1220. The van der Waals surface area contributed by atoms with E-state index in [1.165, 1.54) is 35.0 Å². The fraction of sp³-hybridized carbons (Fsp3) is 0.333. The Morgan fingerprint density at radius 2 is 2.00 bits per heavy atom. The number of hydrogen-bond acceptors (Lipinski definition) is 6. The van der Waals surface area contributed by atoms with Gasteiger partial charge in [0.1, 0.15) is 40.4 Å². The van der Waals surface area contributed by atoms with Crippen LogP contribution in [-0.2, 0) is 11.3 Å². The molecule has 0 bridgehead atoms. The molecule has 0 fully saturated rings. The molecule has 0 atom stereocenters. The number of carbonyl (C=O) groups excluding carboxylic acids is 1. The number of amides is 1. The van der Waals surface area contributed by atoms with Gasteiger partial charge in [-0.1, -0.05) is 11.6 Å². The van der Waals surface area contributed by atoms with Crippen molar-refractivity contribution in [2.24, 2.45) is 0 Å². The Morgan fingerprint density at radius 1 is 1.28 bits per heavy atom. The summed E-state index contributed by atoms with van der Waals surface area (Å²) in [6, 6.07) is 5.64.